The number of halogens is 3. The fourth-order valence-electron chi connectivity index (χ4n) is 1.80. The van der Waals surface area contributed by atoms with E-state index in [-0.39, 0.29) is 11.1 Å². The molecule has 2 nitrogen and oxygen atoms in total. The minimum Gasteiger partial charge on any atom is -0.211 e. The van der Waals surface area contributed by atoms with Gasteiger partial charge < -0.3 is 0 Å². The molecule has 90 valence electrons. The fraction of sp³-hybridized carbons (Fsp3) is 0.417. The molecule has 5 heteroatoms. The first-order chi connectivity index (χ1) is 7.89. The van der Waals surface area contributed by atoms with Gasteiger partial charge in [0.25, 0.3) is 5.92 Å². The van der Waals surface area contributed by atoms with Crippen molar-refractivity contribution < 1.29 is 18.0 Å². The van der Waals surface area contributed by atoms with Crippen LogP contribution < -0.4 is 0 Å². The molecule has 0 N–H and O–H groups in total. The summed E-state index contributed by atoms with van der Waals surface area (Å²) in [5.41, 5.74) is -1.19. The molecular weight excluding hydrogens is 231 g/mol. The number of carbonyl (C=O) groups excluding carboxylic acids is 1. The highest BCUT2D eigenvalue weighted by Gasteiger charge is 2.47. The molecular formula is C12H10F3NO. The summed E-state index contributed by atoms with van der Waals surface area (Å²) in [6, 6.07) is 3.12. The van der Waals surface area contributed by atoms with Crippen molar-refractivity contribution in [2.75, 3.05) is 0 Å². The number of aliphatic imine (C=N–C) groups is 1. The van der Waals surface area contributed by atoms with Crippen molar-refractivity contribution in [2.45, 2.75) is 31.2 Å². The van der Waals surface area contributed by atoms with E-state index in [9.17, 15) is 18.0 Å². The van der Waals surface area contributed by atoms with Gasteiger partial charge in [0.15, 0.2) is 0 Å². The molecule has 0 atom stereocenters. The molecule has 0 amide bonds. The lowest BCUT2D eigenvalue weighted by molar-refractivity contribution is 0.0173. The molecule has 0 aliphatic heterocycles. The Morgan fingerprint density at radius 3 is 2.53 bits per heavy atom. The lowest BCUT2D eigenvalue weighted by Gasteiger charge is -2.15. The molecule has 0 bridgehead atoms. The maximum Gasteiger partial charge on any atom is 0.270 e. The number of hydrogen-bond acceptors (Lipinski definition) is 2. The largest absolute Gasteiger partial charge is 0.270 e. The van der Waals surface area contributed by atoms with Crippen LogP contribution in [0.4, 0.5) is 13.2 Å². The van der Waals surface area contributed by atoms with Crippen LogP contribution in [0.3, 0.4) is 0 Å². The van der Waals surface area contributed by atoms with E-state index in [1.54, 1.807) is 0 Å². The Bertz CT molecular complexity index is 497. The second kappa shape index (κ2) is 3.70. The summed E-state index contributed by atoms with van der Waals surface area (Å²) in [6.45, 7) is 0.743. The molecule has 0 unspecified atom stereocenters. The van der Waals surface area contributed by atoms with E-state index in [0.717, 1.165) is 25.1 Å². The SMILES string of the molecule is CC(F)(F)c1ccc(F)c(C2(N=C=O)CC2)c1. The molecule has 0 heterocycles. The smallest absolute Gasteiger partial charge is 0.211 e. The van der Waals surface area contributed by atoms with Crippen LogP contribution in [-0.4, -0.2) is 6.08 Å². The summed E-state index contributed by atoms with van der Waals surface area (Å²) in [5, 5.41) is 0. The predicted molar refractivity (Wildman–Crippen MR) is 55.0 cm³/mol. The predicted octanol–water partition coefficient (Wildman–Crippen LogP) is 3.26. The molecule has 17 heavy (non-hydrogen) atoms. The van der Waals surface area contributed by atoms with Gasteiger partial charge >= 0.3 is 0 Å². The third-order valence-electron chi connectivity index (χ3n) is 2.96. The molecule has 0 saturated heterocycles. The van der Waals surface area contributed by atoms with Gasteiger partial charge in [-0.3, -0.25) is 0 Å². The number of benzene rings is 1. The maximum atomic E-state index is 13.6. The molecule has 1 aliphatic rings. The molecule has 1 aromatic rings. The monoisotopic (exact) mass is 241 g/mol. The molecule has 0 spiro atoms. The van der Waals surface area contributed by atoms with E-state index in [4.69, 9.17) is 0 Å². The van der Waals surface area contributed by atoms with E-state index in [1.807, 2.05) is 0 Å². The Morgan fingerprint density at radius 2 is 2.06 bits per heavy atom. The zero-order valence-corrected chi connectivity index (χ0v) is 9.14. The minimum atomic E-state index is -3.04. The summed E-state index contributed by atoms with van der Waals surface area (Å²) in [6.07, 6.45) is 2.34. The molecule has 2 rings (SSSR count). The Balaban J connectivity index is 2.51. The lowest BCUT2D eigenvalue weighted by Crippen LogP contribution is -2.12. The van der Waals surface area contributed by atoms with Crippen LogP contribution in [-0.2, 0) is 16.3 Å². The van der Waals surface area contributed by atoms with Crippen LogP contribution in [0.5, 0.6) is 0 Å². The van der Waals surface area contributed by atoms with E-state index in [1.165, 1.54) is 6.08 Å². The van der Waals surface area contributed by atoms with Gasteiger partial charge in [0.05, 0.1) is 0 Å². The zero-order chi connectivity index (χ0) is 12.7. The van der Waals surface area contributed by atoms with Gasteiger partial charge in [0.1, 0.15) is 11.4 Å². The average Bonchev–Trinajstić information content (AvgIpc) is 2.98. The van der Waals surface area contributed by atoms with Crippen LogP contribution in [0.15, 0.2) is 23.2 Å². The number of alkyl halides is 2. The number of hydrogen-bond donors (Lipinski definition) is 0. The first-order valence-corrected chi connectivity index (χ1v) is 5.16. The lowest BCUT2D eigenvalue weighted by atomic mass is 9.99. The Hall–Kier alpha value is -1.61. The van der Waals surface area contributed by atoms with Crippen molar-refractivity contribution in [1.82, 2.24) is 0 Å². The van der Waals surface area contributed by atoms with E-state index in [0.29, 0.717) is 12.8 Å². The summed E-state index contributed by atoms with van der Waals surface area (Å²) >= 11 is 0. The van der Waals surface area contributed by atoms with Crippen molar-refractivity contribution in [3.63, 3.8) is 0 Å². The normalized spacial score (nSPS) is 17.4. The van der Waals surface area contributed by atoms with Crippen molar-refractivity contribution in [1.29, 1.82) is 0 Å². The average molecular weight is 241 g/mol. The van der Waals surface area contributed by atoms with Gasteiger partial charge in [0, 0.05) is 18.1 Å². The minimum absolute atomic E-state index is 0.0554. The molecule has 1 aromatic carbocycles. The maximum absolute atomic E-state index is 13.6. The number of rotatable bonds is 3. The summed E-state index contributed by atoms with van der Waals surface area (Å²) in [5.74, 6) is -3.65. The molecule has 1 aliphatic carbocycles. The third-order valence-corrected chi connectivity index (χ3v) is 2.96. The zero-order valence-electron chi connectivity index (χ0n) is 9.14. The van der Waals surface area contributed by atoms with Gasteiger partial charge in [0.2, 0.25) is 6.08 Å². The quantitative estimate of drug-likeness (QED) is 0.590. The van der Waals surface area contributed by atoms with Crippen molar-refractivity contribution >= 4 is 6.08 Å². The van der Waals surface area contributed by atoms with Crippen LogP contribution in [0, 0.1) is 5.82 Å². The standard InChI is InChI=1S/C12H10F3NO/c1-11(14,15)8-2-3-10(13)9(6-8)12(4-5-12)16-7-17/h2-3,6H,4-5H2,1H3. The Labute approximate surface area is 96.2 Å². The number of isocyanates is 1. The summed E-state index contributed by atoms with van der Waals surface area (Å²) in [4.78, 5) is 13.8. The molecule has 1 fully saturated rings. The summed E-state index contributed by atoms with van der Waals surface area (Å²) < 4.78 is 39.8. The highest BCUT2D eigenvalue weighted by molar-refractivity contribution is 5.43. The van der Waals surface area contributed by atoms with Gasteiger partial charge in [-0.15, -0.1) is 0 Å². The van der Waals surface area contributed by atoms with Crippen molar-refractivity contribution in [3.05, 3.63) is 35.1 Å². The van der Waals surface area contributed by atoms with Crippen molar-refractivity contribution in [2.24, 2.45) is 4.99 Å². The van der Waals surface area contributed by atoms with Crippen LogP contribution >= 0.6 is 0 Å². The fourth-order valence-corrected chi connectivity index (χ4v) is 1.80. The molecule has 1 saturated carbocycles. The topological polar surface area (TPSA) is 29.4 Å². The van der Waals surface area contributed by atoms with E-state index >= 15 is 0 Å². The Kier molecular flexibility index (Phi) is 2.59. The highest BCUT2D eigenvalue weighted by Crippen LogP contribution is 2.50. The second-order valence-corrected chi connectivity index (χ2v) is 4.32. The van der Waals surface area contributed by atoms with E-state index in [2.05, 4.69) is 4.99 Å². The van der Waals surface area contributed by atoms with Gasteiger partial charge in [-0.25, -0.2) is 18.0 Å². The first-order valence-electron chi connectivity index (χ1n) is 5.16. The van der Waals surface area contributed by atoms with Crippen LogP contribution in [0.25, 0.3) is 0 Å². The second-order valence-electron chi connectivity index (χ2n) is 4.32. The van der Waals surface area contributed by atoms with Gasteiger partial charge in [-0.1, -0.05) is 6.07 Å². The first kappa shape index (κ1) is 11.9. The highest BCUT2D eigenvalue weighted by atomic mass is 19.3. The third kappa shape index (κ3) is 2.11. The number of nitrogens with zero attached hydrogens (tertiary/aromatic N) is 1. The van der Waals surface area contributed by atoms with Gasteiger partial charge in [-0.2, -0.15) is 4.99 Å². The van der Waals surface area contributed by atoms with Crippen molar-refractivity contribution in [3.8, 4) is 0 Å². The van der Waals surface area contributed by atoms with Gasteiger partial charge in [-0.05, 0) is 25.0 Å². The molecule has 0 radical (unpaired) electrons. The summed E-state index contributed by atoms with van der Waals surface area (Å²) in [7, 11) is 0. The Morgan fingerprint density at radius 1 is 1.41 bits per heavy atom. The van der Waals surface area contributed by atoms with Crippen LogP contribution in [0.1, 0.15) is 30.9 Å². The molecule has 0 aromatic heterocycles. The van der Waals surface area contributed by atoms with E-state index < -0.39 is 17.3 Å². The van der Waals surface area contributed by atoms with Crippen LogP contribution in [0.2, 0.25) is 0 Å².